The molecule has 0 aliphatic heterocycles. The van der Waals surface area contributed by atoms with Gasteiger partial charge < -0.3 is 14.1 Å². The number of fused-ring (bicyclic) bond motifs is 3. The molecule has 41 heavy (non-hydrogen) atoms. The third-order valence-corrected chi connectivity index (χ3v) is 8.38. The number of rotatable bonds is 11. The third-order valence-electron chi connectivity index (χ3n) is 8.38. The molecule has 4 rings (SSSR count). The Kier molecular flexibility index (Phi) is 9.73. The lowest BCUT2D eigenvalue weighted by molar-refractivity contribution is -0.141. The molecule has 2 aromatic carbocycles. The summed E-state index contributed by atoms with van der Waals surface area (Å²) in [6, 6.07) is 11.4. The van der Waals surface area contributed by atoms with Crippen molar-refractivity contribution < 1.29 is 28.8 Å². The lowest BCUT2D eigenvalue weighted by Gasteiger charge is -2.30. The third kappa shape index (κ3) is 6.75. The van der Waals surface area contributed by atoms with Crippen molar-refractivity contribution >= 4 is 51.0 Å². The quantitative estimate of drug-likeness (QED) is 0.0830. The molecule has 0 radical (unpaired) electrons. The molecule has 0 bridgehead atoms. The van der Waals surface area contributed by atoms with Crippen molar-refractivity contribution in [2.24, 2.45) is 22.9 Å². The predicted octanol–water partition coefficient (Wildman–Crippen LogP) is 6.90. The highest BCUT2D eigenvalue weighted by atomic mass is 16.7. The van der Waals surface area contributed by atoms with Crippen molar-refractivity contribution in [3.05, 3.63) is 47.5 Å². The largest absolute Gasteiger partial charge is 0.469 e. The smallest absolute Gasteiger partial charge is 0.331 e. The average molecular weight is 561 g/mol. The van der Waals surface area contributed by atoms with Crippen LogP contribution >= 0.6 is 0 Å². The normalized spacial score (nSPS) is 17.7. The Morgan fingerprint density at radius 1 is 0.927 bits per heavy atom. The first-order valence-corrected chi connectivity index (χ1v) is 14.6. The van der Waals surface area contributed by atoms with E-state index < -0.39 is 11.9 Å². The van der Waals surface area contributed by atoms with E-state index in [9.17, 15) is 19.2 Å². The van der Waals surface area contributed by atoms with Crippen LogP contribution < -0.4 is 0 Å². The summed E-state index contributed by atoms with van der Waals surface area (Å²) in [5, 5.41) is 5.59. The number of Topliss-reactive ketones (excluding diaryl/α,β-unsaturated/α-hetero) is 2. The van der Waals surface area contributed by atoms with Crippen LogP contribution in [0.15, 0.2) is 41.6 Å². The van der Waals surface area contributed by atoms with Gasteiger partial charge in [0.15, 0.2) is 5.78 Å². The van der Waals surface area contributed by atoms with E-state index in [0.29, 0.717) is 29.4 Å². The first-order valence-electron chi connectivity index (χ1n) is 14.6. The topological polar surface area (TPSA) is 104 Å². The zero-order chi connectivity index (χ0) is 29.7. The molecular weight excluding hydrogens is 520 g/mol. The molecule has 1 aromatic heterocycles. The number of nitrogens with zero attached hydrogens (tertiary/aromatic N) is 2. The van der Waals surface area contributed by atoms with Gasteiger partial charge in [0.2, 0.25) is 5.78 Å². The number of hydrogen-bond acceptors (Lipinski definition) is 7. The standard InChI is InChI=1S/C33H40N2O6/c1-6-35-29-16-14-24(32(38)23-12-10-22(11-13-23)20(2)3)18-26(29)27-19-25(15-17-30(27)35)33(39)28(34-41-21(4)36)8-7-9-31(37)40-5/h14-20,22-23H,6-13H2,1-5H3. The maximum atomic E-state index is 13.5. The van der Waals surface area contributed by atoms with Gasteiger partial charge in [-0.05, 0) is 93.7 Å². The summed E-state index contributed by atoms with van der Waals surface area (Å²) in [5.74, 6) is 0.159. The molecule has 1 heterocycles. The van der Waals surface area contributed by atoms with E-state index in [0.717, 1.165) is 54.0 Å². The maximum absolute atomic E-state index is 13.5. The second-order valence-electron chi connectivity index (χ2n) is 11.3. The van der Waals surface area contributed by atoms with Crippen LogP contribution in [0.1, 0.15) is 93.4 Å². The Balaban J connectivity index is 1.67. The van der Waals surface area contributed by atoms with Gasteiger partial charge in [-0.3, -0.25) is 14.4 Å². The number of oxime groups is 1. The molecule has 8 nitrogen and oxygen atoms in total. The number of carbonyl (C=O) groups excluding carboxylic acids is 4. The summed E-state index contributed by atoms with van der Waals surface area (Å²) in [5.41, 5.74) is 3.11. The molecule has 0 spiro atoms. The van der Waals surface area contributed by atoms with Gasteiger partial charge >= 0.3 is 11.9 Å². The summed E-state index contributed by atoms with van der Waals surface area (Å²) >= 11 is 0. The minimum absolute atomic E-state index is 0.0455. The van der Waals surface area contributed by atoms with Crippen LogP contribution in [0.2, 0.25) is 0 Å². The summed E-state index contributed by atoms with van der Waals surface area (Å²) < 4.78 is 6.85. The van der Waals surface area contributed by atoms with E-state index in [4.69, 9.17) is 4.84 Å². The molecular formula is C33H40N2O6. The van der Waals surface area contributed by atoms with E-state index in [1.807, 2.05) is 30.3 Å². The van der Waals surface area contributed by atoms with Gasteiger partial charge in [-0.25, -0.2) is 4.79 Å². The zero-order valence-corrected chi connectivity index (χ0v) is 24.7. The second kappa shape index (κ2) is 13.2. The first-order chi connectivity index (χ1) is 19.6. The summed E-state index contributed by atoms with van der Waals surface area (Å²) in [4.78, 5) is 54.8. The number of carbonyl (C=O) groups is 4. The van der Waals surface area contributed by atoms with Crippen LogP contribution in [0.25, 0.3) is 21.8 Å². The highest BCUT2D eigenvalue weighted by Crippen LogP contribution is 2.36. The molecule has 0 unspecified atom stereocenters. The molecule has 0 N–H and O–H groups in total. The lowest BCUT2D eigenvalue weighted by atomic mass is 9.75. The van der Waals surface area contributed by atoms with Gasteiger partial charge in [0, 0.05) is 58.7 Å². The van der Waals surface area contributed by atoms with E-state index in [2.05, 4.69) is 35.2 Å². The molecule has 1 saturated carbocycles. The monoisotopic (exact) mass is 560 g/mol. The Labute approximate surface area is 241 Å². The molecule has 3 aromatic rings. The van der Waals surface area contributed by atoms with Gasteiger partial charge in [0.1, 0.15) is 5.71 Å². The molecule has 1 aliphatic rings. The van der Waals surface area contributed by atoms with Crippen LogP contribution in [0.3, 0.4) is 0 Å². The molecule has 1 fully saturated rings. The molecule has 1 aliphatic carbocycles. The fraction of sp³-hybridized carbons (Fsp3) is 0.485. The Hall–Kier alpha value is -3.81. The lowest BCUT2D eigenvalue weighted by Crippen LogP contribution is -2.24. The molecule has 8 heteroatoms. The van der Waals surface area contributed by atoms with E-state index in [1.165, 1.54) is 14.0 Å². The van der Waals surface area contributed by atoms with Crippen molar-refractivity contribution in [2.75, 3.05) is 7.11 Å². The number of ketones is 2. The SMILES string of the molecule is CCn1c2ccc(C(=O)C(CCCC(=O)OC)=NOC(C)=O)cc2c2cc(C(=O)C3CCC(C(C)C)CC3)ccc21. The van der Waals surface area contributed by atoms with Crippen molar-refractivity contribution in [3.63, 3.8) is 0 Å². The Morgan fingerprint density at radius 3 is 2.10 bits per heavy atom. The Morgan fingerprint density at radius 2 is 1.54 bits per heavy atom. The van der Waals surface area contributed by atoms with Crippen molar-refractivity contribution in [1.29, 1.82) is 0 Å². The minimum atomic E-state index is -0.639. The number of benzene rings is 2. The molecule has 218 valence electrons. The second-order valence-corrected chi connectivity index (χ2v) is 11.3. The van der Waals surface area contributed by atoms with Gasteiger partial charge in [-0.2, -0.15) is 0 Å². The van der Waals surface area contributed by atoms with Crippen LogP contribution in [-0.4, -0.2) is 40.9 Å². The number of aryl methyl sites for hydroxylation is 1. The van der Waals surface area contributed by atoms with Crippen molar-refractivity contribution in [1.82, 2.24) is 4.57 Å². The van der Waals surface area contributed by atoms with Crippen LogP contribution in [0.5, 0.6) is 0 Å². The fourth-order valence-electron chi connectivity index (χ4n) is 6.01. The van der Waals surface area contributed by atoms with Crippen molar-refractivity contribution in [2.45, 2.75) is 79.2 Å². The highest BCUT2D eigenvalue weighted by Gasteiger charge is 2.29. The summed E-state index contributed by atoms with van der Waals surface area (Å²) in [6.45, 7) is 8.52. The van der Waals surface area contributed by atoms with Crippen LogP contribution in [0, 0.1) is 17.8 Å². The van der Waals surface area contributed by atoms with Gasteiger partial charge in [-0.1, -0.05) is 19.0 Å². The first kappa shape index (κ1) is 30.2. The highest BCUT2D eigenvalue weighted by molar-refractivity contribution is 6.46. The number of ether oxygens (including phenoxy) is 1. The van der Waals surface area contributed by atoms with Crippen LogP contribution in [0.4, 0.5) is 0 Å². The summed E-state index contributed by atoms with van der Waals surface area (Å²) in [6.07, 6.45) is 4.61. The minimum Gasteiger partial charge on any atom is -0.469 e. The molecule has 0 atom stereocenters. The van der Waals surface area contributed by atoms with E-state index in [1.54, 1.807) is 6.07 Å². The molecule has 0 saturated heterocycles. The summed E-state index contributed by atoms with van der Waals surface area (Å²) in [7, 11) is 1.31. The van der Waals surface area contributed by atoms with E-state index >= 15 is 0 Å². The van der Waals surface area contributed by atoms with Gasteiger partial charge in [-0.15, -0.1) is 0 Å². The average Bonchev–Trinajstić information content (AvgIpc) is 3.30. The number of aromatic nitrogens is 1. The fourth-order valence-corrected chi connectivity index (χ4v) is 6.01. The van der Waals surface area contributed by atoms with E-state index in [-0.39, 0.29) is 36.0 Å². The van der Waals surface area contributed by atoms with Crippen LogP contribution in [-0.2, 0) is 25.7 Å². The van der Waals surface area contributed by atoms with Gasteiger partial charge in [0.05, 0.1) is 7.11 Å². The zero-order valence-electron chi connectivity index (χ0n) is 24.7. The maximum Gasteiger partial charge on any atom is 0.331 e. The molecule has 0 amide bonds. The number of esters is 1. The number of hydrogen-bond donors (Lipinski definition) is 0. The van der Waals surface area contributed by atoms with Gasteiger partial charge in [0.25, 0.3) is 0 Å². The number of methoxy groups -OCH3 is 1. The predicted molar refractivity (Wildman–Crippen MR) is 159 cm³/mol. The Bertz CT molecular complexity index is 1490. The van der Waals surface area contributed by atoms with Crippen molar-refractivity contribution in [3.8, 4) is 0 Å².